The second-order valence-corrected chi connectivity index (χ2v) is 7.76. The van der Waals surface area contributed by atoms with E-state index < -0.39 is 17.5 Å². The molecule has 0 fully saturated rings. The molecule has 2 aromatic rings. The maximum absolute atomic E-state index is 12.0. The average molecular weight is 405 g/mol. The number of hydrogen-bond acceptors (Lipinski definition) is 3. The SMILES string of the molecule is CC(C)(C)OC(=O)c1ccc(CC(C(=O)O)c2cccc(Br)c2)cc1. The van der Waals surface area contributed by atoms with Crippen LogP contribution in [0.3, 0.4) is 0 Å². The number of halogens is 1. The summed E-state index contributed by atoms with van der Waals surface area (Å²) in [6, 6.07) is 14.2. The van der Waals surface area contributed by atoms with Crippen LogP contribution in [-0.4, -0.2) is 22.6 Å². The molecular formula is C20H21BrO4. The Kier molecular flexibility index (Phi) is 6.01. The highest BCUT2D eigenvalue weighted by Gasteiger charge is 2.21. The fourth-order valence-electron chi connectivity index (χ4n) is 2.42. The summed E-state index contributed by atoms with van der Waals surface area (Å²) in [5.41, 5.74) is 1.48. The van der Waals surface area contributed by atoms with Crippen LogP contribution in [0.15, 0.2) is 53.0 Å². The van der Waals surface area contributed by atoms with E-state index in [4.69, 9.17) is 4.74 Å². The zero-order valence-corrected chi connectivity index (χ0v) is 16.0. The highest BCUT2D eigenvalue weighted by atomic mass is 79.9. The molecule has 1 atom stereocenters. The van der Waals surface area contributed by atoms with Gasteiger partial charge in [0.15, 0.2) is 0 Å². The van der Waals surface area contributed by atoms with Crippen molar-refractivity contribution in [3.05, 3.63) is 69.7 Å². The van der Waals surface area contributed by atoms with Gasteiger partial charge in [-0.2, -0.15) is 0 Å². The summed E-state index contributed by atoms with van der Waals surface area (Å²) in [7, 11) is 0. The maximum Gasteiger partial charge on any atom is 0.338 e. The molecule has 0 amide bonds. The summed E-state index contributed by atoms with van der Waals surface area (Å²) >= 11 is 3.37. The highest BCUT2D eigenvalue weighted by Crippen LogP contribution is 2.24. The molecule has 2 rings (SSSR count). The van der Waals surface area contributed by atoms with E-state index in [1.54, 1.807) is 30.3 Å². The zero-order chi connectivity index (χ0) is 18.6. The quantitative estimate of drug-likeness (QED) is 0.725. The predicted molar refractivity (Wildman–Crippen MR) is 99.8 cm³/mol. The van der Waals surface area contributed by atoms with Crippen LogP contribution >= 0.6 is 15.9 Å². The maximum atomic E-state index is 12.0. The Hall–Kier alpha value is -2.14. The number of carboxylic acid groups (broad SMARTS) is 1. The Morgan fingerprint density at radius 1 is 1.12 bits per heavy atom. The Balaban J connectivity index is 2.16. The van der Waals surface area contributed by atoms with E-state index in [2.05, 4.69) is 15.9 Å². The Labute approximate surface area is 156 Å². The minimum absolute atomic E-state index is 0.348. The van der Waals surface area contributed by atoms with Gasteiger partial charge >= 0.3 is 11.9 Å². The standard InChI is InChI=1S/C20H21BrO4/c1-20(2,3)25-19(24)14-9-7-13(8-10-14)11-17(18(22)23)15-5-4-6-16(21)12-15/h4-10,12,17H,11H2,1-3H3,(H,22,23). The Morgan fingerprint density at radius 3 is 2.28 bits per heavy atom. The van der Waals surface area contributed by atoms with Crippen molar-refractivity contribution in [2.75, 3.05) is 0 Å². The smallest absolute Gasteiger partial charge is 0.338 e. The van der Waals surface area contributed by atoms with Gasteiger partial charge in [0.05, 0.1) is 11.5 Å². The van der Waals surface area contributed by atoms with Gasteiger partial charge in [-0.3, -0.25) is 4.79 Å². The molecule has 2 aromatic carbocycles. The highest BCUT2D eigenvalue weighted by molar-refractivity contribution is 9.10. The van der Waals surface area contributed by atoms with Crippen molar-refractivity contribution < 1.29 is 19.4 Å². The molecule has 0 aromatic heterocycles. The number of rotatable bonds is 5. The van der Waals surface area contributed by atoms with Crippen LogP contribution in [-0.2, 0) is 16.0 Å². The van der Waals surface area contributed by atoms with Crippen molar-refractivity contribution in [1.82, 2.24) is 0 Å². The van der Waals surface area contributed by atoms with Gasteiger partial charge in [-0.1, -0.05) is 40.2 Å². The summed E-state index contributed by atoms with van der Waals surface area (Å²) in [4.78, 5) is 23.7. The largest absolute Gasteiger partial charge is 0.481 e. The molecule has 0 aliphatic heterocycles. The lowest BCUT2D eigenvalue weighted by Gasteiger charge is -2.19. The molecule has 25 heavy (non-hydrogen) atoms. The van der Waals surface area contributed by atoms with E-state index in [0.717, 1.165) is 15.6 Å². The van der Waals surface area contributed by atoms with Gasteiger partial charge in [-0.05, 0) is 62.6 Å². The number of hydrogen-bond donors (Lipinski definition) is 1. The van der Waals surface area contributed by atoms with Gasteiger partial charge in [-0.15, -0.1) is 0 Å². The van der Waals surface area contributed by atoms with Crippen LogP contribution in [0.25, 0.3) is 0 Å². The summed E-state index contributed by atoms with van der Waals surface area (Å²) in [6.07, 6.45) is 0.348. The minimum atomic E-state index is -0.880. The number of carbonyl (C=O) groups is 2. The second kappa shape index (κ2) is 7.83. The van der Waals surface area contributed by atoms with Gasteiger partial charge in [0, 0.05) is 4.47 Å². The molecule has 132 valence electrons. The topological polar surface area (TPSA) is 63.6 Å². The van der Waals surface area contributed by atoms with Crippen molar-refractivity contribution in [2.24, 2.45) is 0 Å². The van der Waals surface area contributed by atoms with E-state index in [1.807, 2.05) is 39.0 Å². The van der Waals surface area contributed by atoms with Crippen LogP contribution in [0.4, 0.5) is 0 Å². The summed E-state index contributed by atoms with van der Waals surface area (Å²) in [6.45, 7) is 5.44. The predicted octanol–water partition coefficient (Wildman–Crippen LogP) is 4.82. The number of esters is 1. The molecule has 0 aliphatic rings. The third-order valence-corrected chi connectivity index (χ3v) is 4.07. The van der Waals surface area contributed by atoms with Crippen LogP contribution < -0.4 is 0 Å². The first kappa shape index (κ1) is 19.2. The molecule has 0 saturated heterocycles. The Morgan fingerprint density at radius 2 is 1.76 bits per heavy atom. The molecule has 1 N–H and O–H groups in total. The van der Waals surface area contributed by atoms with E-state index in [0.29, 0.717) is 12.0 Å². The van der Waals surface area contributed by atoms with Crippen molar-refractivity contribution in [3.63, 3.8) is 0 Å². The summed E-state index contributed by atoms with van der Waals surface area (Å²) < 4.78 is 6.17. The van der Waals surface area contributed by atoms with Crippen LogP contribution in [0.1, 0.15) is 48.2 Å². The normalized spacial score (nSPS) is 12.5. The molecule has 0 heterocycles. The number of benzene rings is 2. The van der Waals surface area contributed by atoms with E-state index in [-0.39, 0.29) is 5.97 Å². The molecule has 0 saturated carbocycles. The monoisotopic (exact) mass is 404 g/mol. The van der Waals surface area contributed by atoms with E-state index in [1.165, 1.54) is 0 Å². The van der Waals surface area contributed by atoms with Gasteiger partial charge in [-0.25, -0.2) is 4.79 Å². The lowest BCUT2D eigenvalue weighted by molar-refractivity contribution is -0.138. The molecule has 5 heteroatoms. The first-order valence-corrected chi connectivity index (χ1v) is 8.75. The van der Waals surface area contributed by atoms with Gasteiger partial charge in [0.1, 0.15) is 5.60 Å². The zero-order valence-electron chi connectivity index (χ0n) is 14.5. The molecule has 1 unspecified atom stereocenters. The summed E-state index contributed by atoms with van der Waals surface area (Å²) in [5.74, 6) is -1.92. The van der Waals surface area contributed by atoms with Gasteiger partial charge in [0.2, 0.25) is 0 Å². The lowest BCUT2D eigenvalue weighted by Crippen LogP contribution is -2.23. The molecular weight excluding hydrogens is 384 g/mol. The molecule has 0 spiro atoms. The number of carboxylic acids is 1. The Bertz CT molecular complexity index is 760. The first-order chi connectivity index (χ1) is 11.7. The van der Waals surface area contributed by atoms with Crippen molar-refractivity contribution in [1.29, 1.82) is 0 Å². The van der Waals surface area contributed by atoms with Crippen LogP contribution in [0.5, 0.6) is 0 Å². The lowest BCUT2D eigenvalue weighted by atomic mass is 9.92. The van der Waals surface area contributed by atoms with Crippen molar-refractivity contribution in [3.8, 4) is 0 Å². The molecule has 0 bridgehead atoms. The fourth-order valence-corrected chi connectivity index (χ4v) is 2.84. The van der Waals surface area contributed by atoms with Crippen molar-refractivity contribution in [2.45, 2.75) is 38.7 Å². The number of ether oxygens (including phenoxy) is 1. The first-order valence-electron chi connectivity index (χ1n) is 7.96. The van der Waals surface area contributed by atoms with Gasteiger partial charge in [0.25, 0.3) is 0 Å². The van der Waals surface area contributed by atoms with E-state index in [9.17, 15) is 14.7 Å². The van der Waals surface area contributed by atoms with Crippen LogP contribution in [0.2, 0.25) is 0 Å². The van der Waals surface area contributed by atoms with E-state index >= 15 is 0 Å². The second-order valence-electron chi connectivity index (χ2n) is 6.85. The van der Waals surface area contributed by atoms with Gasteiger partial charge < -0.3 is 9.84 Å². The fraction of sp³-hybridized carbons (Fsp3) is 0.300. The minimum Gasteiger partial charge on any atom is -0.481 e. The third kappa shape index (κ3) is 5.71. The number of carbonyl (C=O) groups excluding carboxylic acids is 1. The van der Waals surface area contributed by atoms with Crippen LogP contribution in [0, 0.1) is 0 Å². The molecule has 0 aliphatic carbocycles. The molecule has 4 nitrogen and oxygen atoms in total. The number of aliphatic carboxylic acids is 1. The third-order valence-electron chi connectivity index (χ3n) is 3.58. The molecule has 0 radical (unpaired) electrons. The average Bonchev–Trinajstić information content (AvgIpc) is 2.51. The van der Waals surface area contributed by atoms with Crippen molar-refractivity contribution >= 4 is 27.9 Å². The summed E-state index contributed by atoms with van der Waals surface area (Å²) in [5, 5.41) is 9.56.